The van der Waals surface area contributed by atoms with Crippen molar-refractivity contribution in [3.8, 4) is 0 Å². The molecule has 0 aliphatic heterocycles. The Morgan fingerprint density at radius 3 is 2.08 bits per heavy atom. The van der Waals surface area contributed by atoms with Crippen molar-refractivity contribution < 1.29 is 31.2 Å². The topological polar surface area (TPSA) is 86.8 Å². The molecule has 1 N–H and O–H groups in total. The Morgan fingerprint density at radius 1 is 0.921 bits per heavy atom. The van der Waals surface area contributed by atoms with Crippen LogP contribution in [0.5, 0.6) is 0 Å². The lowest BCUT2D eigenvalue weighted by molar-refractivity contribution is -0.140. The molecular weight excluding hydrogens is 519 g/mol. The third-order valence-corrected chi connectivity index (χ3v) is 7.69. The third-order valence-electron chi connectivity index (χ3n) is 5.90. The predicted octanol–water partition coefficient (Wildman–Crippen LogP) is 4.45. The molecule has 38 heavy (non-hydrogen) atoms. The van der Waals surface area contributed by atoms with Crippen LogP contribution in [0.3, 0.4) is 0 Å². The maximum atomic E-state index is 13.7. The largest absolute Gasteiger partial charge is 0.416 e. The molecule has 0 saturated carbocycles. The number of hydrogen-bond acceptors (Lipinski definition) is 4. The summed E-state index contributed by atoms with van der Waals surface area (Å²) in [6.07, 6.45) is -4.50. The lowest BCUT2D eigenvalue weighted by Crippen LogP contribution is -2.51. The molecule has 0 radical (unpaired) electrons. The van der Waals surface area contributed by atoms with Gasteiger partial charge in [-0.3, -0.25) is 13.9 Å². The van der Waals surface area contributed by atoms with Crippen LogP contribution in [0, 0.1) is 0 Å². The number of nitrogens with zero attached hydrogens (tertiary/aromatic N) is 2. The van der Waals surface area contributed by atoms with E-state index >= 15 is 0 Å². The van der Waals surface area contributed by atoms with Gasteiger partial charge in [0.15, 0.2) is 0 Å². The molecule has 3 rings (SSSR count). The zero-order valence-corrected chi connectivity index (χ0v) is 21.7. The van der Waals surface area contributed by atoms with Gasteiger partial charge in [0.2, 0.25) is 11.8 Å². The van der Waals surface area contributed by atoms with E-state index in [9.17, 15) is 31.2 Å². The van der Waals surface area contributed by atoms with Gasteiger partial charge in [-0.05, 0) is 42.3 Å². The molecule has 0 aliphatic carbocycles. The summed E-state index contributed by atoms with van der Waals surface area (Å²) < 4.78 is 68.3. The van der Waals surface area contributed by atoms with Gasteiger partial charge < -0.3 is 10.2 Å². The second kappa shape index (κ2) is 12.1. The number of carbonyl (C=O) groups is 2. The van der Waals surface area contributed by atoms with Crippen LogP contribution < -0.4 is 9.62 Å². The fraction of sp³-hybridized carbons (Fsp3) is 0.259. The second-order valence-corrected chi connectivity index (χ2v) is 10.3. The lowest BCUT2D eigenvalue weighted by Gasteiger charge is -2.33. The average Bonchev–Trinajstić information content (AvgIpc) is 2.91. The van der Waals surface area contributed by atoms with E-state index in [0.717, 1.165) is 12.1 Å². The Hall–Kier alpha value is -3.86. The molecule has 0 unspecified atom stereocenters. The highest BCUT2D eigenvalue weighted by atomic mass is 32.2. The highest BCUT2D eigenvalue weighted by Crippen LogP contribution is 2.33. The van der Waals surface area contributed by atoms with E-state index in [4.69, 9.17) is 0 Å². The van der Waals surface area contributed by atoms with Gasteiger partial charge in [-0.2, -0.15) is 13.2 Å². The van der Waals surface area contributed by atoms with Crippen molar-refractivity contribution in [3.05, 3.63) is 96.1 Å². The Morgan fingerprint density at radius 2 is 1.53 bits per heavy atom. The first-order chi connectivity index (χ1) is 18.0. The number of hydrogen-bond donors (Lipinski definition) is 1. The molecule has 3 aromatic carbocycles. The van der Waals surface area contributed by atoms with Crippen molar-refractivity contribution in [2.24, 2.45) is 0 Å². The highest BCUT2D eigenvalue weighted by molar-refractivity contribution is 7.92. The van der Waals surface area contributed by atoms with Crippen LogP contribution in [0.2, 0.25) is 0 Å². The van der Waals surface area contributed by atoms with Gasteiger partial charge in [-0.25, -0.2) is 8.42 Å². The van der Waals surface area contributed by atoms with Gasteiger partial charge in [-0.15, -0.1) is 0 Å². The summed E-state index contributed by atoms with van der Waals surface area (Å²) in [6, 6.07) is 18.8. The lowest BCUT2D eigenvalue weighted by atomic mass is 10.1. The van der Waals surface area contributed by atoms with E-state index in [-0.39, 0.29) is 23.5 Å². The minimum absolute atomic E-state index is 0.00653. The van der Waals surface area contributed by atoms with Gasteiger partial charge in [-0.1, -0.05) is 61.5 Å². The van der Waals surface area contributed by atoms with Crippen LogP contribution in [0.15, 0.2) is 89.8 Å². The zero-order valence-electron chi connectivity index (χ0n) is 20.9. The maximum absolute atomic E-state index is 13.7. The fourth-order valence-electron chi connectivity index (χ4n) is 3.95. The minimum atomic E-state index is -4.73. The summed E-state index contributed by atoms with van der Waals surface area (Å²) in [5, 5.41) is 2.51. The van der Waals surface area contributed by atoms with Crippen molar-refractivity contribution in [2.45, 2.75) is 37.0 Å². The summed E-state index contributed by atoms with van der Waals surface area (Å²) in [5.74, 6) is -1.20. The molecule has 0 fully saturated rings. The summed E-state index contributed by atoms with van der Waals surface area (Å²) in [4.78, 5) is 27.4. The molecule has 2 amide bonds. The first-order valence-electron chi connectivity index (χ1n) is 11.8. The molecule has 0 saturated heterocycles. The van der Waals surface area contributed by atoms with Gasteiger partial charge >= 0.3 is 6.18 Å². The third kappa shape index (κ3) is 6.71. The Balaban J connectivity index is 2.10. The molecule has 3 aromatic rings. The molecule has 202 valence electrons. The van der Waals surface area contributed by atoms with Gasteiger partial charge in [0.1, 0.15) is 12.6 Å². The zero-order chi connectivity index (χ0) is 27.9. The summed E-state index contributed by atoms with van der Waals surface area (Å²) in [5.41, 5.74) is -0.696. The SMILES string of the molecule is CC[C@H](C(=O)NC)N(Cc1ccccc1)C(=O)CN(c1cccc(C(F)(F)F)c1)S(=O)(=O)c1ccccc1. The van der Waals surface area contributed by atoms with E-state index in [1.165, 1.54) is 42.3 Å². The predicted molar refractivity (Wildman–Crippen MR) is 138 cm³/mol. The van der Waals surface area contributed by atoms with Crippen LogP contribution in [0.1, 0.15) is 24.5 Å². The van der Waals surface area contributed by atoms with E-state index in [1.807, 2.05) is 0 Å². The molecule has 0 spiro atoms. The Kier molecular flexibility index (Phi) is 9.16. The van der Waals surface area contributed by atoms with Crippen LogP contribution in [0.25, 0.3) is 0 Å². The summed E-state index contributed by atoms with van der Waals surface area (Å²) in [6.45, 7) is 0.878. The number of likely N-dealkylation sites (N-methyl/N-ethyl adjacent to an activating group) is 1. The standard InChI is InChI=1S/C27H28F3N3O4S/c1-3-24(26(35)31-2)32(18-20-11-6-4-7-12-20)25(34)19-33(38(36,37)23-15-8-5-9-16-23)22-14-10-13-21(17-22)27(28,29)30/h4-17,24H,3,18-19H2,1-2H3,(H,31,35)/t24-/m1/s1. The number of alkyl halides is 3. The Bertz CT molecular complexity index is 1350. The van der Waals surface area contributed by atoms with Crippen molar-refractivity contribution in [3.63, 3.8) is 0 Å². The van der Waals surface area contributed by atoms with E-state index in [1.54, 1.807) is 43.3 Å². The van der Waals surface area contributed by atoms with Crippen molar-refractivity contribution in [1.82, 2.24) is 10.2 Å². The van der Waals surface area contributed by atoms with Crippen molar-refractivity contribution in [1.29, 1.82) is 0 Å². The Labute approximate surface area is 219 Å². The van der Waals surface area contributed by atoms with Gasteiger partial charge in [0.05, 0.1) is 16.1 Å². The van der Waals surface area contributed by atoms with E-state index < -0.39 is 46.2 Å². The smallest absolute Gasteiger partial charge is 0.357 e. The molecule has 0 aliphatic rings. The molecule has 7 nitrogen and oxygen atoms in total. The number of nitrogens with one attached hydrogen (secondary N) is 1. The number of amides is 2. The van der Waals surface area contributed by atoms with E-state index in [0.29, 0.717) is 15.9 Å². The van der Waals surface area contributed by atoms with Gasteiger partial charge in [0, 0.05) is 13.6 Å². The molecule has 0 bridgehead atoms. The highest BCUT2D eigenvalue weighted by Gasteiger charge is 2.35. The molecular formula is C27H28F3N3O4S. The second-order valence-electron chi connectivity index (χ2n) is 8.42. The number of anilines is 1. The monoisotopic (exact) mass is 547 g/mol. The molecule has 0 aromatic heterocycles. The first kappa shape index (κ1) is 28.7. The normalized spacial score (nSPS) is 12.4. The van der Waals surface area contributed by atoms with E-state index in [2.05, 4.69) is 5.32 Å². The van der Waals surface area contributed by atoms with Gasteiger partial charge in [0.25, 0.3) is 10.0 Å². The van der Waals surface area contributed by atoms with Crippen LogP contribution >= 0.6 is 0 Å². The van der Waals surface area contributed by atoms with Crippen molar-refractivity contribution >= 4 is 27.5 Å². The molecule has 11 heteroatoms. The number of carbonyl (C=O) groups excluding carboxylic acids is 2. The van der Waals surface area contributed by atoms with Crippen molar-refractivity contribution in [2.75, 3.05) is 17.9 Å². The number of rotatable bonds is 10. The summed E-state index contributed by atoms with van der Waals surface area (Å²) >= 11 is 0. The van der Waals surface area contributed by atoms with Crippen LogP contribution in [0.4, 0.5) is 18.9 Å². The fourth-order valence-corrected chi connectivity index (χ4v) is 5.38. The number of sulfonamides is 1. The molecule has 1 atom stereocenters. The minimum Gasteiger partial charge on any atom is -0.357 e. The van der Waals surface area contributed by atoms with Crippen LogP contribution in [-0.2, 0) is 32.3 Å². The number of halogens is 3. The maximum Gasteiger partial charge on any atom is 0.416 e. The number of benzene rings is 3. The van der Waals surface area contributed by atoms with Crippen LogP contribution in [-0.4, -0.2) is 44.8 Å². The average molecular weight is 548 g/mol. The quantitative estimate of drug-likeness (QED) is 0.406. The first-order valence-corrected chi connectivity index (χ1v) is 13.2. The molecule has 0 heterocycles. The summed E-state index contributed by atoms with van der Waals surface area (Å²) in [7, 11) is -3.04.